The number of nitrogens with one attached hydrogen (secondary N) is 1. The van der Waals surface area contributed by atoms with E-state index in [1.807, 2.05) is 30.0 Å². The van der Waals surface area contributed by atoms with Crippen molar-refractivity contribution in [3.63, 3.8) is 0 Å². The van der Waals surface area contributed by atoms with Gasteiger partial charge in [-0.05, 0) is 25.1 Å². The SMILES string of the molecule is CC1Nc2ccc(Cl)cc2SC1CN. The Kier molecular flexibility index (Phi) is 2.91. The van der Waals surface area contributed by atoms with E-state index in [0.29, 0.717) is 17.8 Å². The molecule has 0 aliphatic carbocycles. The second kappa shape index (κ2) is 4.01. The number of rotatable bonds is 1. The van der Waals surface area contributed by atoms with Gasteiger partial charge in [0, 0.05) is 33.4 Å². The average Bonchev–Trinajstić information content (AvgIpc) is 2.17. The minimum Gasteiger partial charge on any atom is -0.381 e. The Morgan fingerprint density at radius 3 is 3.07 bits per heavy atom. The number of anilines is 1. The fourth-order valence-corrected chi connectivity index (χ4v) is 2.95. The molecule has 0 amide bonds. The van der Waals surface area contributed by atoms with Gasteiger partial charge < -0.3 is 11.1 Å². The van der Waals surface area contributed by atoms with Gasteiger partial charge in [-0.3, -0.25) is 0 Å². The molecule has 1 aromatic rings. The fraction of sp³-hybridized carbons (Fsp3) is 0.400. The Bertz CT molecular complexity index is 343. The maximum atomic E-state index is 5.93. The van der Waals surface area contributed by atoms with Crippen LogP contribution >= 0.6 is 23.4 Å². The van der Waals surface area contributed by atoms with Crippen LogP contribution in [0.1, 0.15) is 6.92 Å². The normalized spacial score (nSPS) is 25.4. The van der Waals surface area contributed by atoms with Crippen LogP contribution in [0.3, 0.4) is 0 Å². The van der Waals surface area contributed by atoms with Crippen molar-refractivity contribution in [2.45, 2.75) is 23.1 Å². The molecule has 2 nitrogen and oxygen atoms in total. The Balaban J connectivity index is 2.31. The van der Waals surface area contributed by atoms with E-state index in [0.717, 1.165) is 10.7 Å². The molecule has 0 aromatic heterocycles. The van der Waals surface area contributed by atoms with Gasteiger partial charge in [0.1, 0.15) is 0 Å². The molecule has 1 aliphatic rings. The standard InChI is InChI=1S/C10H13ClN2S/c1-6-10(5-12)14-9-4-7(11)2-3-8(9)13-6/h2-4,6,10,13H,5,12H2,1H3. The van der Waals surface area contributed by atoms with E-state index >= 15 is 0 Å². The van der Waals surface area contributed by atoms with Crippen LogP contribution in [0.15, 0.2) is 23.1 Å². The van der Waals surface area contributed by atoms with Gasteiger partial charge in [0.05, 0.1) is 0 Å². The number of nitrogens with two attached hydrogens (primary N) is 1. The van der Waals surface area contributed by atoms with Gasteiger partial charge >= 0.3 is 0 Å². The van der Waals surface area contributed by atoms with Crippen LogP contribution in [0.4, 0.5) is 5.69 Å². The summed E-state index contributed by atoms with van der Waals surface area (Å²) in [6.07, 6.45) is 0. The van der Waals surface area contributed by atoms with Crippen molar-refractivity contribution < 1.29 is 0 Å². The molecule has 1 heterocycles. The highest BCUT2D eigenvalue weighted by Crippen LogP contribution is 2.38. The number of fused-ring (bicyclic) bond motifs is 1. The van der Waals surface area contributed by atoms with E-state index in [1.165, 1.54) is 4.90 Å². The first kappa shape index (κ1) is 10.1. The minimum atomic E-state index is 0.415. The quantitative estimate of drug-likeness (QED) is 0.776. The van der Waals surface area contributed by atoms with E-state index in [-0.39, 0.29) is 0 Å². The topological polar surface area (TPSA) is 38.0 Å². The van der Waals surface area contributed by atoms with Crippen molar-refractivity contribution in [3.05, 3.63) is 23.2 Å². The lowest BCUT2D eigenvalue weighted by atomic mass is 10.2. The van der Waals surface area contributed by atoms with E-state index in [2.05, 4.69) is 12.2 Å². The summed E-state index contributed by atoms with van der Waals surface area (Å²) >= 11 is 7.74. The van der Waals surface area contributed by atoms with Crippen LogP contribution in [0, 0.1) is 0 Å². The zero-order valence-corrected chi connectivity index (χ0v) is 9.53. The maximum Gasteiger partial charge on any atom is 0.0481 e. The largest absolute Gasteiger partial charge is 0.381 e. The zero-order chi connectivity index (χ0) is 10.1. The lowest BCUT2D eigenvalue weighted by Crippen LogP contribution is -2.36. The number of thioether (sulfide) groups is 1. The first-order valence-electron chi connectivity index (χ1n) is 4.63. The highest BCUT2D eigenvalue weighted by molar-refractivity contribution is 8.00. The molecule has 2 atom stereocenters. The molecule has 0 bridgehead atoms. The summed E-state index contributed by atoms with van der Waals surface area (Å²) in [6, 6.07) is 6.33. The second-order valence-corrected chi connectivity index (χ2v) is 5.18. The molecule has 1 aromatic carbocycles. The molecular weight excluding hydrogens is 216 g/mol. The molecule has 1 aliphatic heterocycles. The Labute approximate surface area is 93.2 Å². The third kappa shape index (κ3) is 1.85. The van der Waals surface area contributed by atoms with E-state index < -0.39 is 0 Å². The Morgan fingerprint density at radius 2 is 2.36 bits per heavy atom. The van der Waals surface area contributed by atoms with Gasteiger partial charge in [0.2, 0.25) is 0 Å². The molecule has 0 spiro atoms. The first-order chi connectivity index (χ1) is 6.70. The summed E-state index contributed by atoms with van der Waals surface area (Å²) in [4.78, 5) is 1.20. The average molecular weight is 229 g/mol. The third-order valence-electron chi connectivity index (χ3n) is 2.40. The van der Waals surface area contributed by atoms with Crippen LogP contribution < -0.4 is 11.1 Å². The number of halogens is 1. The number of benzene rings is 1. The van der Waals surface area contributed by atoms with Crippen LogP contribution in [-0.4, -0.2) is 17.8 Å². The number of hydrogen-bond acceptors (Lipinski definition) is 3. The lowest BCUT2D eigenvalue weighted by Gasteiger charge is -2.31. The Hall–Kier alpha value is -0.380. The highest BCUT2D eigenvalue weighted by Gasteiger charge is 2.24. The van der Waals surface area contributed by atoms with E-state index in [9.17, 15) is 0 Å². The summed E-state index contributed by atoms with van der Waals surface area (Å²) in [5.41, 5.74) is 6.86. The summed E-state index contributed by atoms with van der Waals surface area (Å²) in [7, 11) is 0. The molecule has 0 saturated heterocycles. The van der Waals surface area contributed by atoms with Crippen molar-refractivity contribution in [3.8, 4) is 0 Å². The molecule has 2 unspecified atom stereocenters. The van der Waals surface area contributed by atoms with Crippen molar-refractivity contribution in [1.29, 1.82) is 0 Å². The van der Waals surface area contributed by atoms with Gasteiger partial charge in [0.15, 0.2) is 0 Å². The third-order valence-corrected chi connectivity index (χ3v) is 4.13. The van der Waals surface area contributed by atoms with Crippen LogP contribution in [0.25, 0.3) is 0 Å². The van der Waals surface area contributed by atoms with Gasteiger partial charge in [0.25, 0.3) is 0 Å². The summed E-state index contributed by atoms with van der Waals surface area (Å²) in [5.74, 6) is 0. The molecule has 4 heteroatoms. The Morgan fingerprint density at radius 1 is 1.57 bits per heavy atom. The van der Waals surface area contributed by atoms with E-state index in [4.69, 9.17) is 17.3 Å². The molecule has 76 valence electrons. The maximum absolute atomic E-state index is 5.93. The first-order valence-corrected chi connectivity index (χ1v) is 5.89. The summed E-state index contributed by atoms with van der Waals surface area (Å²) in [6.45, 7) is 2.84. The molecule has 0 radical (unpaired) electrons. The lowest BCUT2D eigenvalue weighted by molar-refractivity contribution is 0.723. The predicted octanol–water partition coefficient (Wildman–Crippen LogP) is 2.57. The van der Waals surface area contributed by atoms with Crippen LogP contribution in [0.5, 0.6) is 0 Å². The molecular formula is C10H13ClN2S. The summed E-state index contributed by atoms with van der Waals surface area (Å²) < 4.78 is 0. The molecule has 3 N–H and O–H groups in total. The minimum absolute atomic E-state index is 0.415. The monoisotopic (exact) mass is 228 g/mol. The molecule has 0 saturated carbocycles. The van der Waals surface area contributed by atoms with Crippen molar-refractivity contribution in [2.24, 2.45) is 5.73 Å². The molecule has 2 rings (SSSR count). The van der Waals surface area contributed by atoms with Crippen LogP contribution in [-0.2, 0) is 0 Å². The predicted molar refractivity (Wildman–Crippen MR) is 63.2 cm³/mol. The smallest absolute Gasteiger partial charge is 0.0481 e. The highest BCUT2D eigenvalue weighted by atomic mass is 35.5. The number of hydrogen-bond donors (Lipinski definition) is 2. The summed E-state index contributed by atoms with van der Waals surface area (Å²) in [5, 5.41) is 4.64. The van der Waals surface area contributed by atoms with Gasteiger partial charge in [-0.25, -0.2) is 0 Å². The van der Waals surface area contributed by atoms with Crippen molar-refractivity contribution >= 4 is 29.1 Å². The van der Waals surface area contributed by atoms with Gasteiger partial charge in [-0.2, -0.15) is 0 Å². The fourth-order valence-electron chi connectivity index (χ4n) is 1.57. The zero-order valence-electron chi connectivity index (χ0n) is 7.96. The van der Waals surface area contributed by atoms with Crippen molar-refractivity contribution in [2.75, 3.05) is 11.9 Å². The van der Waals surface area contributed by atoms with Crippen LogP contribution in [0.2, 0.25) is 5.02 Å². The molecule has 0 fully saturated rings. The van der Waals surface area contributed by atoms with Gasteiger partial charge in [-0.15, -0.1) is 11.8 Å². The van der Waals surface area contributed by atoms with Crippen molar-refractivity contribution in [1.82, 2.24) is 0 Å². The molecule has 14 heavy (non-hydrogen) atoms. The van der Waals surface area contributed by atoms with E-state index in [1.54, 1.807) is 0 Å². The second-order valence-electron chi connectivity index (χ2n) is 3.47. The van der Waals surface area contributed by atoms with Gasteiger partial charge in [-0.1, -0.05) is 11.6 Å².